The third-order valence-electron chi connectivity index (χ3n) is 0.744. The van der Waals surface area contributed by atoms with E-state index in [0.29, 0.717) is 5.41 Å². The summed E-state index contributed by atoms with van der Waals surface area (Å²) in [6.45, 7) is 7.50. The average molecular weight is 193 g/mol. The van der Waals surface area contributed by atoms with E-state index in [-0.39, 0.29) is 11.7 Å². The molecule has 5 nitrogen and oxygen atoms in total. The molecular weight excluding hydrogens is 182 g/mol. The summed E-state index contributed by atoms with van der Waals surface area (Å²) >= 11 is 0. The zero-order valence-electron chi connectivity index (χ0n) is 6.74. The normalized spacial score (nSPS) is 9.42. The molecule has 0 unspecified atom stereocenters. The van der Waals surface area contributed by atoms with Crippen molar-refractivity contribution in [3.05, 3.63) is 24.1 Å². The first kappa shape index (κ1) is 13.4. The molecule has 3 N–H and O–H groups in total. The fraction of sp³-hybridized carbons (Fsp3) is 0.167. The lowest BCUT2D eigenvalue weighted by molar-refractivity contribution is -0.129. The van der Waals surface area contributed by atoms with Gasteiger partial charge >= 0.3 is 16.1 Å². The molecule has 12 heavy (non-hydrogen) atoms. The smallest absolute Gasteiger partial charge is 0.344 e. The predicted octanol–water partition coefficient (Wildman–Crippen LogP) is 0.741. The fourth-order valence-corrected chi connectivity index (χ4v) is 0.632. The second-order valence-electron chi connectivity index (χ2n) is 1.81. The molecule has 0 heterocycles. The van der Waals surface area contributed by atoms with Gasteiger partial charge in [0.1, 0.15) is 0 Å². The van der Waals surface area contributed by atoms with E-state index in [0.717, 1.165) is 0 Å². The average Bonchev–Trinajstić information content (AvgIpc) is 1.87. The van der Waals surface area contributed by atoms with Crippen molar-refractivity contribution in [3.63, 3.8) is 0 Å². The van der Waals surface area contributed by atoms with Crippen molar-refractivity contribution in [1.29, 1.82) is 0 Å². The zero-order chi connectivity index (χ0) is 9.07. The SMILES string of the molecule is C=CS(=O)(=O)OC(=O)C(=C)C.N. The highest BCUT2D eigenvalue weighted by Crippen LogP contribution is 1.99. The minimum atomic E-state index is -3.91. The first-order chi connectivity index (χ1) is 4.89. The standard InChI is InChI=1S/C6H8O4S.H3N/c1-4-11(8,9)10-6(7)5(2)3;/h4H,1-2H2,3H3;1H3. The van der Waals surface area contributed by atoms with Gasteiger partial charge in [-0.05, 0) is 6.92 Å². The van der Waals surface area contributed by atoms with Crippen molar-refractivity contribution in [3.8, 4) is 0 Å². The second kappa shape index (κ2) is 4.68. The first-order valence-electron chi connectivity index (χ1n) is 2.66. The van der Waals surface area contributed by atoms with E-state index < -0.39 is 16.1 Å². The van der Waals surface area contributed by atoms with Crippen LogP contribution >= 0.6 is 0 Å². The summed E-state index contributed by atoms with van der Waals surface area (Å²) < 4.78 is 25.0. The quantitative estimate of drug-likeness (QED) is 0.526. The Labute approximate surface area is 71.4 Å². The fourth-order valence-electron chi connectivity index (χ4n) is 0.211. The molecule has 0 radical (unpaired) electrons. The van der Waals surface area contributed by atoms with Crippen molar-refractivity contribution in [2.45, 2.75) is 6.92 Å². The van der Waals surface area contributed by atoms with Gasteiger partial charge in [0.25, 0.3) is 0 Å². The van der Waals surface area contributed by atoms with Gasteiger partial charge in [0.2, 0.25) is 0 Å². The van der Waals surface area contributed by atoms with Crippen molar-refractivity contribution in [2.75, 3.05) is 0 Å². The number of hydrogen-bond donors (Lipinski definition) is 1. The van der Waals surface area contributed by atoms with Crippen molar-refractivity contribution < 1.29 is 17.4 Å². The highest BCUT2D eigenvalue weighted by Gasteiger charge is 2.12. The maximum Gasteiger partial charge on any atom is 0.349 e. The van der Waals surface area contributed by atoms with Crippen LogP contribution in [0.1, 0.15) is 6.92 Å². The molecule has 0 amide bonds. The molecule has 70 valence electrons. The first-order valence-corrected chi connectivity index (χ1v) is 4.13. The van der Waals surface area contributed by atoms with Gasteiger partial charge in [0.15, 0.2) is 0 Å². The van der Waals surface area contributed by atoms with Crippen LogP contribution in [0.4, 0.5) is 0 Å². The molecular formula is C6H11NO4S. The van der Waals surface area contributed by atoms with Crippen LogP contribution in [0.2, 0.25) is 0 Å². The second-order valence-corrected chi connectivity index (χ2v) is 3.30. The third kappa shape index (κ3) is 4.64. The van der Waals surface area contributed by atoms with E-state index in [4.69, 9.17) is 0 Å². The Kier molecular flexibility index (Phi) is 5.25. The summed E-state index contributed by atoms with van der Waals surface area (Å²) in [5.74, 6) is -0.968. The van der Waals surface area contributed by atoms with Crippen LogP contribution in [0.25, 0.3) is 0 Å². The summed E-state index contributed by atoms with van der Waals surface area (Å²) in [4.78, 5) is 10.6. The lowest BCUT2D eigenvalue weighted by atomic mass is 10.4. The summed E-state index contributed by atoms with van der Waals surface area (Å²) in [7, 11) is -3.91. The summed E-state index contributed by atoms with van der Waals surface area (Å²) in [6, 6.07) is 0. The molecule has 0 aromatic heterocycles. The van der Waals surface area contributed by atoms with Crippen LogP contribution in [0.3, 0.4) is 0 Å². The molecule has 0 aromatic carbocycles. The minimum absolute atomic E-state index is 0. The van der Waals surface area contributed by atoms with Gasteiger partial charge in [-0.1, -0.05) is 13.2 Å². The third-order valence-corrected chi connectivity index (χ3v) is 1.54. The maximum absolute atomic E-state index is 10.6. The number of rotatable bonds is 3. The summed E-state index contributed by atoms with van der Waals surface area (Å²) in [5.41, 5.74) is 0.0235. The van der Waals surface area contributed by atoms with Crippen LogP contribution in [-0.2, 0) is 19.1 Å². The van der Waals surface area contributed by atoms with E-state index in [2.05, 4.69) is 17.3 Å². The molecule has 0 atom stereocenters. The predicted molar refractivity (Wildman–Crippen MR) is 45.0 cm³/mol. The molecule has 0 saturated carbocycles. The van der Waals surface area contributed by atoms with Crippen LogP contribution in [0.5, 0.6) is 0 Å². The number of carbonyl (C=O) groups excluding carboxylic acids is 1. The van der Waals surface area contributed by atoms with Gasteiger partial charge in [-0.25, -0.2) is 4.79 Å². The van der Waals surface area contributed by atoms with Gasteiger partial charge in [-0.15, -0.1) is 0 Å². The largest absolute Gasteiger partial charge is 0.349 e. The monoisotopic (exact) mass is 193 g/mol. The maximum atomic E-state index is 10.6. The Morgan fingerprint density at radius 2 is 1.92 bits per heavy atom. The summed E-state index contributed by atoms with van der Waals surface area (Å²) in [5, 5.41) is 0.549. The van der Waals surface area contributed by atoms with E-state index in [1.54, 1.807) is 0 Å². The van der Waals surface area contributed by atoms with Crippen LogP contribution in [0.15, 0.2) is 24.1 Å². The van der Waals surface area contributed by atoms with Gasteiger partial charge < -0.3 is 10.3 Å². The highest BCUT2D eigenvalue weighted by atomic mass is 32.2. The molecule has 0 aromatic rings. The highest BCUT2D eigenvalue weighted by molar-refractivity contribution is 7.90. The molecule has 0 saturated heterocycles. The van der Waals surface area contributed by atoms with E-state index in [9.17, 15) is 13.2 Å². The Hall–Kier alpha value is -1.14. The summed E-state index contributed by atoms with van der Waals surface area (Å²) in [6.07, 6.45) is 0. The molecule has 0 aliphatic rings. The molecule has 0 aliphatic heterocycles. The van der Waals surface area contributed by atoms with Crippen LogP contribution in [-0.4, -0.2) is 14.4 Å². The van der Waals surface area contributed by atoms with Crippen molar-refractivity contribution >= 4 is 16.1 Å². The van der Waals surface area contributed by atoms with Gasteiger partial charge in [0.05, 0.1) is 5.41 Å². The van der Waals surface area contributed by atoms with Crippen molar-refractivity contribution in [1.82, 2.24) is 6.15 Å². The molecule has 0 fully saturated rings. The van der Waals surface area contributed by atoms with E-state index >= 15 is 0 Å². The van der Waals surface area contributed by atoms with E-state index in [1.165, 1.54) is 6.92 Å². The number of hydrogen-bond acceptors (Lipinski definition) is 5. The number of carbonyl (C=O) groups is 1. The Bertz CT molecular complexity index is 291. The Balaban J connectivity index is 0. The molecule has 0 aliphatic carbocycles. The van der Waals surface area contributed by atoms with Crippen molar-refractivity contribution in [2.24, 2.45) is 0 Å². The lowest BCUT2D eigenvalue weighted by Crippen LogP contribution is -2.10. The van der Waals surface area contributed by atoms with Gasteiger partial charge in [0, 0.05) is 5.57 Å². The molecule has 6 heteroatoms. The lowest BCUT2D eigenvalue weighted by Gasteiger charge is -1.98. The van der Waals surface area contributed by atoms with Gasteiger partial charge in [-0.2, -0.15) is 8.42 Å². The Morgan fingerprint density at radius 3 is 2.17 bits per heavy atom. The zero-order valence-corrected chi connectivity index (χ0v) is 7.56. The van der Waals surface area contributed by atoms with Crippen LogP contribution < -0.4 is 6.15 Å². The molecule has 0 rings (SSSR count). The minimum Gasteiger partial charge on any atom is -0.344 e. The van der Waals surface area contributed by atoms with Gasteiger partial charge in [-0.3, -0.25) is 0 Å². The molecule has 0 spiro atoms. The van der Waals surface area contributed by atoms with Crippen LogP contribution in [0, 0.1) is 0 Å². The topological polar surface area (TPSA) is 95.4 Å². The molecule has 0 bridgehead atoms. The Morgan fingerprint density at radius 1 is 1.50 bits per heavy atom. The van der Waals surface area contributed by atoms with E-state index in [1.807, 2.05) is 0 Å².